The van der Waals surface area contributed by atoms with Crippen molar-refractivity contribution in [2.45, 2.75) is 25.7 Å². The molecule has 0 spiro atoms. The number of carbonyl (C=O) groups excluding carboxylic acids is 2. The maximum absolute atomic E-state index is 12.8. The number of likely N-dealkylation sites (tertiary alicyclic amines) is 1. The van der Waals surface area contributed by atoms with E-state index in [1.807, 2.05) is 23.1 Å². The highest BCUT2D eigenvalue weighted by Gasteiger charge is 2.28. The lowest BCUT2D eigenvalue weighted by Crippen LogP contribution is -2.50. The lowest BCUT2D eigenvalue weighted by atomic mass is 9.97. The van der Waals surface area contributed by atoms with Crippen molar-refractivity contribution in [3.05, 3.63) is 29.8 Å². The van der Waals surface area contributed by atoms with Crippen molar-refractivity contribution in [3.63, 3.8) is 0 Å². The second kappa shape index (κ2) is 8.88. The third-order valence-electron chi connectivity index (χ3n) is 5.35. The fourth-order valence-electron chi connectivity index (χ4n) is 3.87. The number of aryl methyl sites for hydroxylation is 1. The van der Waals surface area contributed by atoms with Crippen LogP contribution in [0.15, 0.2) is 29.3 Å². The highest BCUT2D eigenvalue weighted by molar-refractivity contribution is 5.98. The molecule has 146 valence electrons. The van der Waals surface area contributed by atoms with Crippen molar-refractivity contribution in [2.75, 3.05) is 45.2 Å². The van der Waals surface area contributed by atoms with Gasteiger partial charge in [-0.25, -0.2) is 0 Å². The number of guanidine groups is 1. The molecule has 1 fully saturated rings. The van der Waals surface area contributed by atoms with Gasteiger partial charge >= 0.3 is 5.97 Å². The fraction of sp³-hybridized carbons (Fsp3) is 0.550. The van der Waals surface area contributed by atoms with Gasteiger partial charge in [0.2, 0.25) is 5.91 Å². The molecule has 7 nitrogen and oxygen atoms in total. The number of benzene rings is 1. The monoisotopic (exact) mass is 372 g/mol. The van der Waals surface area contributed by atoms with Crippen LogP contribution >= 0.6 is 0 Å². The maximum atomic E-state index is 12.8. The minimum atomic E-state index is -0.142. The number of carbonyl (C=O) groups is 2. The SMILES string of the molecule is CN=C(NCC(=O)N1CCCc2ccccc21)N1CCC(C(=O)OC)CC1. The number of hydrogen-bond donors (Lipinski definition) is 1. The van der Waals surface area contributed by atoms with Crippen LogP contribution in [0.1, 0.15) is 24.8 Å². The Bertz CT molecular complexity index is 711. The predicted octanol–water partition coefficient (Wildman–Crippen LogP) is 1.43. The van der Waals surface area contributed by atoms with Gasteiger partial charge in [-0.05, 0) is 37.3 Å². The van der Waals surface area contributed by atoms with E-state index in [4.69, 9.17) is 4.74 Å². The number of methoxy groups -OCH3 is 1. The average Bonchev–Trinajstić information content (AvgIpc) is 2.73. The van der Waals surface area contributed by atoms with Crippen LogP contribution in [-0.4, -0.2) is 63.1 Å². The smallest absolute Gasteiger partial charge is 0.308 e. The topological polar surface area (TPSA) is 74.2 Å². The number of fused-ring (bicyclic) bond motifs is 1. The molecule has 0 bridgehead atoms. The van der Waals surface area contributed by atoms with Crippen LogP contribution in [0.2, 0.25) is 0 Å². The summed E-state index contributed by atoms with van der Waals surface area (Å²) in [7, 11) is 3.15. The number of nitrogens with zero attached hydrogens (tertiary/aromatic N) is 3. The van der Waals surface area contributed by atoms with Crippen molar-refractivity contribution in [3.8, 4) is 0 Å². The predicted molar refractivity (Wildman–Crippen MR) is 105 cm³/mol. The molecule has 27 heavy (non-hydrogen) atoms. The molecule has 7 heteroatoms. The molecule has 1 aromatic rings. The van der Waals surface area contributed by atoms with Crippen LogP contribution in [0.3, 0.4) is 0 Å². The molecule has 0 radical (unpaired) electrons. The van der Waals surface area contributed by atoms with Gasteiger partial charge in [0.25, 0.3) is 0 Å². The van der Waals surface area contributed by atoms with Crippen molar-refractivity contribution in [2.24, 2.45) is 10.9 Å². The number of piperidine rings is 1. The van der Waals surface area contributed by atoms with Crippen LogP contribution in [0.25, 0.3) is 0 Å². The van der Waals surface area contributed by atoms with Gasteiger partial charge < -0.3 is 19.9 Å². The zero-order valence-electron chi connectivity index (χ0n) is 16.1. The summed E-state index contributed by atoms with van der Waals surface area (Å²) in [4.78, 5) is 32.7. The molecule has 0 saturated carbocycles. The first-order chi connectivity index (χ1) is 13.1. The minimum absolute atomic E-state index is 0.0455. The summed E-state index contributed by atoms with van der Waals surface area (Å²) < 4.78 is 4.83. The molecular formula is C20H28N4O3. The molecule has 2 aliphatic heterocycles. The second-order valence-corrected chi connectivity index (χ2v) is 6.96. The number of rotatable bonds is 3. The van der Waals surface area contributed by atoms with E-state index < -0.39 is 0 Å². The first kappa shape index (κ1) is 19.2. The second-order valence-electron chi connectivity index (χ2n) is 6.96. The van der Waals surface area contributed by atoms with Gasteiger partial charge in [-0.2, -0.15) is 0 Å². The van der Waals surface area contributed by atoms with E-state index in [2.05, 4.69) is 21.3 Å². The van der Waals surface area contributed by atoms with Gasteiger partial charge in [0.1, 0.15) is 0 Å². The zero-order valence-corrected chi connectivity index (χ0v) is 16.1. The van der Waals surface area contributed by atoms with E-state index in [9.17, 15) is 9.59 Å². The Labute approximate surface area is 160 Å². The Morgan fingerprint density at radius 3 is 2.67 bits per heavy atom. The van der Waals surface area contributed by atoms with Crippen molar-refractivity contribution in [1.82, 2.24) is 10.2 Å². The van der Waals surface area contributed by atoms with E-state index in [1.54, 1.807) is 7.05 Å². The first-order valence-electron chi connectivity index (χ1n) is 9.55. The molecule has 1 saturated heterocycles. The number of esters is 1. The number of para-hydroxylation sites is 1. The van der Waals surface area contributed by atoms with Crippen LogP contribution < -0.4 is 10.2 Å². The highest BCUT2D eigenvalue weighted by Crippen LogP contribution is 2.26. The van der Waals surface area contributed by atoms with Gasteiger partial charge in [-0.1, -0.05) is 18.2 Å². The number of amides is 1. The lowest BCUT2D eigenvalue weighted by Gasteiger charge is -2.34. The van der Waals surface area contributed by atoms with Gasteiger partial charge in [0.05, 0.1) is 19.6 Å². The van der Waals surface area contributed by atoms with E-state index in [-0.39, 0.29) is 24.3 Å². The molecule has 0 atom stereocenters. The number of anilines is 1. The Hall–Kier alpha value is -2.57. The van der Waals surface area contributed by atoms with E-state index >= 15 is 0 Å². The zero-order chi connectivity index (χ0) is 19.2. The number of nitrogens with one attached hydrogen (secondary N) is 1. The Morgan fingerprint density at radius 2 is 1.96 bits per heavy atom. The summed E-state index contributed by atoms with van der Waals surface area (Å²) in [5.74, 6) is 0.567. The van der Waals surface area contributed by atoms with Crippen molar-refractivity contribution in [1.29, 1.82) is 0 Å². The molecule has 0 aliphatic carbocycles. The van der Waals surface area contributed by atoms with Gasteiger partial charge in [0.15, 0.2) is 5.96 Å². The van der Waals surface area contributed by atoms with E-state index in [1.165, 1.54) is 12.7 Å². The minimum Gasteiger partial charge on any atom is -0.469 e. The Balaban J connectivity index is 1.55. The van der Waals surface area contributed by atoms with Gasteiger partial charge in [0, 0.05) is 32.4 Å². The van der Waals surface area contributed by atoms with E-state index in [0.29, 0.717) is 5.96 Å². The maximum Gasteiger partial charge on any atom is 0.308 e. The molecule has 3 rings (SSSR count). The Kier molecular flexibility index (Phi) is 6.32. The summed E-state index contributed by atoms with van der Waals surface area (Å²) in [6.45, 7) is 2.40. The van der Waals surface area contributed by atoms with Gasteiger partial charge in [-0.3, -0.25) is 14.6 Å². The van der Waals surface area contributed by atoms with Crippen LogP contribution in [0.4, 0.5) is 5.69 Å². The summed E-state index contributed by atoms with van der Waals surface area (Å²) >= 11 is 0. The van der Waals surface area contributed by atoms with Crippen molar-refractivity contribution >= 4 is 23.5 Å². The van der Waals surface area contributed by atoms with Gasteiger partial charge in [-0.15, -0.1) is 0 Å². The molecule has 2 aliphatic rings. The molecule has 2 heterocycles. The molecule has 1 aromatic carbocycles. The summed E-state index contributed by atoms with van der Waals surface area (Å²) in [6.07, 6.45) is 3.48. The standard InChI is InChI=1S/C20H28N4O3/c1-21-20(23-12-9-16(10-13-23)19(26)27-2)22-14-18(25)24-11-5-7-15-6-3-4-8-17(15)24/h3-4,6,8,16H,5,7,9-14H2,1-2H3,(H,21,22). The largest absolute Gasteiger partial charge is 0.469 e. The quantitative estimate of drug-likeness (QED) is 0.494. The lowest BCUT2D eigenvalue weighted by molar-refractivity contribution is -0.146. The van der Waals surface area contributed by atoms with Crippen molar-refractivity contribution < 1.29 is 14.3 Å². The number of hydrogen-bond acceptors (Lipinski definition) is 4. The third kappa shape index (κ3) is 4.40. The van der Waals surface area contributed by atoms with Crippen LogP contribution in [-0.2, 0) is 20.7 Å². The molecule has 0 aromatic heterocycles. The van der Waals surface area contributed by atoms with E-state index in [0.717, 1.165) is 51.0 Å². The fourth-order valence-corrected chi connectivity index (χ4v) is 3.87. The molecular weight excluding hydrogens is 344 g/mol. The summed E-state index contributed by atoms with van der Waals surface area (Å²) in [6, 6.07) is 8.10. The molecule has 0 unspecified atom stereocenters. The third-order valence-corrected chi connectivity index (χ3v) is 5.35. The molecule has 1 amide bonds. The number of ether oxygens (including phenoxy) is 1. The molecule has 1 N–H and O–H groups in total. The normalized spacial score (nSPS) is 18.1. The van der Waals surface area contributed by atoms with Crippen LogP contribution in [0, 0.1) is 5.92 Å². The number of aliphatic imine (C=N–C) groups is 1. The summed E-state index contributed by atoms with van der Waals surface area (Å²) in [5, 5.41) is 3.19. The Morgan fingerprint density at radius 1 is 1.22 bits per heavy atom. The highest BCUT2D eigenvalue weighted by atomic mass is 16.5. The first-order valence-corrected chi connectivity index (χ1v) is 9.55. The summed E-state index contributed by atoms with van der Waals surface area (Å²) in [5.41, 5.74) is 2.25. The average molecular weight is 372 g/mol. The van der Waals surface area contributed by atoms with Crippen LogP contribution in [0.5, 0.6) is 0 Å².